The van der Waals surface area contributed by atoms with E-state index in [4.69, 9.17) is 0 Å². The van der Waals surface area contributed by atoms with Gasteiger partial charge in [0.05, 0.1) is 21.9 Å². The molecule has 4 aromatic rings. The third-order valence-electron chi connectivity index (χ3n) is 4.26. The van der Waals surface area contributed by atoms with Crippen LogP contribution >= 0.6 is 0 Å². The van der Waals surface area contributed by atoms with Gasteiger partial charge in [-0.15, -0.1) is 0 Å². The highest BCUT2D eigenvalue weighted by molar-refractivity contribution is 5.87. The molecule has 0 aliphatic rings. The highest BCUT2D eigenvalue weighted by atomic mass is 16.6. The van der Waals surface area contributed by atoms with Crippen molar-refractivity contribution in [2.75, 3.05) is 0 Å². The molecular formula is C21H15N3O2. The quantitative estimate of drug-likeness (QED) is 0.403. The molecule has 4 rings (SSSR count). The molecule has 0 fully saturated rings. The number of hydrogen-bond donors (Lipinski definition) is 1. The van der Waals surface area contributed by atoms with E-state index in [2.05, 4.69) is 9.97 Å². The largest absolute Gasteiger partial charge is 0.354 e. The fraction of sp³-hybridized carbons (Fsp3) is 0. The molecule has 5 nitrogen and oxygen atoms in total. The van der Waals surface area contributed by atoms with Crippen molar-refractivity contribution in [1.82, 2.24) is 9.97 Å². The first kappa shape index (κ1) is 15.8. The first-order valence-corrected chi connectivity index (χ1v) is 8.16. The molecular weight excluding hydrogens is 326 g/mol. The van der Waals surface area contributed by atoms with Crippen LogP contribution in [0.2, 0.25) is 0 Å². The predicted molar refractivity (Wildman–Crippen MR) is 102 cm³/mol. The van der Waals surface area contributed by atoms with Crippen LogP contribution in [0.25, 0.3) is 33.6 Å². The molecule has 2 aromatic carbocycles. The van der Waals surface area contributed by atoms with E-state index < -0.39 is 0 Å². The molecule has 2 aromatic heterocycles. The first-order valence-electron chi connectivity index (χ1n) is 8.16. The van der Waals surface area contributed by atoms with E-state index in [1.54, 1.807) is 30.6 Å². The van der Waals surface area contributed by atoms with Crippen LogP contribution in [-0.2, 0) is 0 Å². The molecule has 0 amide bonds. The van der Waals surface area contributed by atoms with Crippen LogP contribution in [0.15, 0.2) is 85.2 Å². The van der Waals surface area contributed by atoms with Gasteiger partial charge in [-0.2, -0.15) is 0 Å². The molecule has 5 heteroatoms. The standard InChI is InChI=1S/C21H15N3O2/c25-24(26)20-9-5-4-8-17(20)19-14-18(15-10-12-22-13-11-15)21(23-19)16-6-2-1-3-7-16/h1-14,23H. The van der Waals surface area contributed by atoms with Crippen LogP contribution in [0, 0.1) is 10.1 Å². The van der Waals surface area contributed by atoms with Crippen molar-refractivity contribution in [2.24, 2.45) is 0 Å². The molecule has 126 valence electrons. The summed E-state index contributed by atoms with van der Waals surface area (Å²) in [6, 6.07) is 22.5. The molecule has 0 saturated carbocycles. The highest BCUT2D eigenvalue weighted by Crippen LogP contribution is 2.38. The Labute approximate surface area is 150 Å². The third-order valence-corrected chi connectivity index (χ3v) is 4.26. The van der Waals surface area contributed by atoms with E-state index in [0.717, 1.165) is 22.4 Å². The van der Waals surface area contributed by atoms with Crippen molar-refractivity contribution >= 4 is 5.69 Å². The summed E-state index contributed by atoms with van der Waals surface area (Å²) in [5.41, 5.74) is 5.27. The van der Waals surface area contributed by atoms with Crippen LogP contribution in [0.4, 0.5) is 5.69 Å². The number of benzene rings is 2. The summed E-state index contributed by atoms with van der Waals surface area (Å²) >= 11 is 0. The molecule has 0 spiro atoms. The van der Waals surface area contributed by atoms with E-state index in [1.807, 2.05) is 48.5 Å². The summed E-state index contributed by atoms with van der Waals surface area (Å²) in [5, 5.41) is 11.4. The second kappa shape index (κ2) is 6.64. The third kappa shape index (κ3) is 2.86. The van der Waals surface area contributed by atoms with Crippen LogP contribution in [-0.4, -0.2) is 14.9 Å². The summed E-state index contributed by atoms with van der Waals surface area (Å²) in [7, 11) is 0. The fourth-order valence-corrected chi connectivity index (χ4v) is 3.05. The Morgan fingerprint density at radius 3 is 2.23 bits per heavy atom. The van der Waals surface area contributed by atoms with Gasteiger partial charge in [0.2, 0.25) is 0 Å². The zero-order valence-corrected chi connectivity index (χ0v) is 13.8. The van der Waals surface area contributed by atoms with Gasteiger partial charge in [0.15, 0.2) is 0 Å². The zero-order valence-electron chi connectivity index (χ0n) is 13.8. The molecule has 0 aliphatic carbocycles. The fourth-order valence-electron chi connectivity index (χ4n) is 3.05. The molecule has 0 saturated heterocycles. The van der Waals surface area contributed by atoms with E-state index in [0.29, 0.717) is 11.3 Å². The molecule has 0 bridgehead atoms. The van der Waals surface area contributed by atoms with Crippen molar-refractivity contribution < 1.29 is 4.92 Å². The number of nitrogens with zero attached hydrogens (tertiary/aromatic N) is 2. The minimum absolute atomic E-state index is 0.0784. The second-order valence-electron chi connectivity index (χ2n) is 5.85. The summed E-state index contributed by atoms with van der Waals surface area (Å²) < 4.78 is 0. The summed E-state index contributed by atoms with van der Waals surface area (Å²) in [4.78, 5) is 18.5. The average Bonchev–Trinajstić information content (AvgIpc) is 3.15. The first-order chi connectivity index (χ1) is 12.7. The Hall–Kier alpha value is -3.73. The lowest BCUT2D eigenvalue weighted by molar-refractivity contribution is -0.384. The lowest BCUT2D eigenvalue weighted by Gasteiger charge is -2.04. The predicted octanol–water partition coefficient (Wildman–Crippen LogP) is 5.32. The molecule has 0 atom stereocenters. The number of aromatic amines is 1. The van der Waals surface area contributed by atoms with E-state index in [9.17, 15) is 10.1 Å². The Bertz CT molecular complexity index is 1000. The van der Waals surface area contributed by atoms with Crippen molar-refractivity contribution in [2.45, 2.75) is 0 Å². The number of nitrogens with one attached hydrogen (secondary N) is 1. The minimum atomic E-state index is -0.357. The van der Waals surface area contributed by atoms with Crippen LogP contribution < -0.4 is 0 Å². The monoisotopic (exact) mass is 341 g/mol. The average molecular weight is 341 g/mol. The summed E-state index contributed by atoms with van der Waals surface area (Å²) in [6.45, 7) is 0. The number of rotatable bonds is 4. The van der Waals surface area contributed by atoms with Crippen molar-refractivity contribution in [3.63, 3.8) is 0 Å². The maximum absolute atomic E-state index is 11.4. The van der Waals surface area contributed by atoms with Crippen molar-refractivity contribution in [1.29, 1.82) is 0 Å². The Morgan fingerprint density at radius 1 is 0.808 bits per heavy atom. The van der Waals surface area contributed by atoms with Crippen LogP contribution in [0.5, 0.6) is 0 Å². The Morgan fingerprint density at radius 2 is 1.50 bits per heavy atom. The van der Waals surface area contributed by atoms with E-state index in [-0.39, 0.29) is 10.6 Å². The molecule has 1 N–H and O–H groups in total. The number of pyridine rings is 1. The van der Waals surface area contributed by atoms with E-state index >= 15 is 0 Å². The van der Waals surface area contributed by atoms with Gasteiger partial charge >= 0.3 is 0 Å². The Balaban J connectivity index is 1.94. The second-order valence-corrected chi connectivity index (χ2v) is 5.85. The normalized spacial score (nSPS) is 10.6. The summed E-state index contributed by atoms with van der Waals surface area (Å²) in [6.07, 6.45) is 3.48. The van der Waals surface area contributed by atoms with Crippen LogP contribution in [0.1, 0.15) is 0 Å². The summed E-state index contributed by atoms with van der Waals surface area (Å²) in [5.74, 6) is 0. The van der Waals surface area contributed by atoms with Gasteiger partial charge in [-0.1, -0.05) is 42.5 Å². The van der Waals surface area contributed by atoms with Gasteiger partial charge < -0.3 is 4.98 Å². The maximum atomic E-state index is 11.4. The van der Waals surface area contributed by atoms with Gasteiger partial charge in [0.25, 0.3) is 5.69 Å². The van der Waals surface area contributed by atoms with Crippen LogP contribution in [0.3, 0.4) is 0 Å². The molecule has 0 unspecified atom stereocenters. The van der Waals surface area contributed by atoms with Gasteiger partial charge in [0.1, 0.15) is 0 Å². The minimum Gasteiger partial charge on any atom is -0.354 e. The van der Waals surface area contributed by atoms with Gasteiger partial charge in [-0.25, -0.2) is 0 Å². The lowest BCUT2D eigenvalue weighted by Crippen LogP contribution is -1.91. The highest BCUT2D eigenvalue weighted by Gasteiger charge is 2.19. The molecule has 0 radical (unpaired) electrons. The Kier molecular flexibility index (Phi) is 4.03. The maximum Gasteiger partial charge on any atom is 0.278 e. The molecule has 26 heavy (non-hydrogen) atoms. The van der Waals surface area contributed by atoms with Crippen molar-refractivity contribution in [3.05, 3.63) is 95.3 Å². The SMILES string of the molecule is O=[N+]([O-])c1ccccc1-c1cc(-c2ccncc2)c(-c2ccccc2)[nH]1. The van der Waals surface area contributed by atoms with Gasteiger partial charge in [-0.05, 0) is 35.4 Å². The number of para-hydroxylation sites is 1. The number of aromatic nitrogens is 2. The molecule has 2 heterocycles. The topological polar surface area (TPSA) is 71.8 Å². The number of hydrogen-bond acceptors (Lipinski definition) is 3. The zero-order chi connectivity index (χ0) is 17.9. The number of nitro groups is 1. The van der Waals surface area contributed by atoms with Gasteiger partial charge in [-0.3, -0.25) is 15.1 Å². The van der Waals surface area contributed by atoms with Crippen molar-refractivity contribution in [3.8, 4) is 33.6 Å². The smallest absolute Gasteiger partial charge is 0.278 e. The number of nitro benzene ring substituents is 1. The number of H-pyrrole nitrogens is 1. The van der Waals surface area contributed by atoms with Gasteiger partial charge in [0, 0.05) is 24.0 Å². The van der Waals surface area contributed by atoms with E-state index in [1.165, 1.54) is 6.07 Å². The molecule has 0 aliphatic heterocycles. The lowest BCUT2D eigenvalue weighted by atomic mass is 10.0.